The summed E-state index contributed by atoms with van der Waals surface area (Å²) in [5.74, 6) is 1.47. The molecule has 0 unspecified atom stereocenters. The molecule has 1 saturated carbocycles. The van der Waals surface area contributed by atoms with E-state index < -0.39 is 17.0 Å². The fourth-order valence-corrected chi connectivity index (χ4v) is 5.53. The molecule has 1 aromatic heterocycles. The molecule has 2 heterocycles. The van der Waals surface area contributed by atoms with Gasteiger partial charge in [0.2, 0.25) is 0 Å². The Balaban J connectivity index is 1.61. The summed E-state index contributed by atoms with van der Waals surface area (Å²) in [5, 5.41) is 11.1. The summed E-state index contributed by atoms with van der Waals surface area (Å²) in [5.41, 5.74) is 4.56. The van der Waals surface area contributed by atoms with Crippen molar-refractivity contribution in [3.8, 4) is 0 Å². The van der Waals surface area contributed by atoms with Crippen molar-refractivity contribution in [2.24, 2.45) is 0 Å². The molecule has 1 aromatic carbocycles. The topological polar surface area (TPSA) is 52.0 Å². The molecule has 1 aliphatic carbocycles. The van der Waals surface area contributed by atoms with Crippen molar-refractivity contribution in [1.82, 2.24) is 9.88 Å². The first-order valence-corrected chi connectivity index (χ1v) is 14.0. The Kier molecular flexibility index (Phi) is 8.32. The first kappa shape index (κ1) is 28.9. The van der Waals surface area contributed by atoms with Crippen molar-refractivity contribution in [1.29, 1.82) is 5.41 Å². The number of rotatable bonds is 11. The molecule has 0 spiro atoms. The number of hydrogen-bond donors (Lipinski definition) is 2. The molecular formula is C32H41BF2N4. The molecule has 1 saturated heterocycles. The number of aromatic nitrogens is 1. The lowest BCUT2D eigenvalue weighted by Crippen LogP contribution is -2.54. The minimum atomic E-state index is -0.655. The molecule has 0 bridgehead atoms. The molecule has 39 heavy (non-hydrogen) atoms. The van der Waals surface area contributed by atoms with E-state index in [2.05, 4.69) is 63.1 Å². The molecule has 0 atom stereocenters. The molecular weight excluding hydrogens is 489 g/mol. The molecule has 4 rings (SSSR count). The number of anilines is 1. The fraction of sp³-hybridized carbons (Fsp3) is 0.438. The highest BCUT2D eigenvalue weighted by molar-refractivity contribution is 6.48. The van der Waals surface area contributed by atoms with Crippen molar-refractivity contribution < 1.29 is 8.78 Å². The Labute approximate surface area is 233 Å². The van der Waals surface area contributed by atoms with E-state index in [-0.39, 0.29) is 16.8 Å². The first-order valence-electron chi connectivity index (χ1n) is 14.0. The monoisotopic (exact) mass is 530 g/mol. The van der Waals surface area contributed by atoms with Crippen LogP contribution in [-0.4, -0.2) is 42.0 Å². The number of benzene rings is 1. The van der Waals surface area contributed by atoms with Gasteiger partial charge in [-0.15, -0.1) is 5.98 Å². The third-order valence-corrected chi connectivity index (χ3v) is 8.42. The van der Waals surface area contributed by atoms with Crippen molar-refractivity contribution in [3.63, 3.8) is 0 Å². The quantitative estimate of drug-likeness (QED) is 0.240. The van der Waals surface area contributed by atoms with Crippen LogP contribution in [-0.2, 0) is 18.3 Å². The number of aryl methyl sites for hydroxylation is 2. The molecule has 7 heteroatoms. The number of hydrogen-bond acceptors (Lipinski definition) is 4. The molecule has 1 aliphatic heterocycles. The van der Waals surface area contributed by atoms with Gasteiger partial charge < -0.3 is 10.7 Å². The number of allylic oxidation sites excluding steroid dienone is 2. The van der Waals surface area contributed by atoms with Crippen LogP contribution in [0.15, 0.2) is 43.2 Å². The third kappa shape index (κ3) is 5.65. The van der Waals surface area contributed by atoms with Gasteiger partial charge in [-0.1, -0.05) is 33.1 Å². The smallest absolute Gasteiger partial charge is 0.156 e. The minimum Gasteiger partial charge on any atom is -0.354 e. The van der Waals surface area contributed by atoms with Gasteiger partial charge in [0.1, 0.15) is 5.69 Å². The molecule has 206 valence electrons. The first-order chi connectivity index (χ1) is 18.5. The summed E-state index contributed by atoms with van der Waals surface area (Å²) < 4.78 is 30.4. The zero-order chi connectivity index (χ0) is 28.5. The van der Waals surface area contributed by atoms with Crippen molar-refractivity contribution >= 4 is 30.8 Å². The Morgan fingerprint density at radius 1 is 1.18 bits per heavy atom. The van der Waals surface area contributed by atoms with Gasteiger partial charge in [-0.3, -0.25) is 9.88 Å². The predicted molar refractivity (Wildman–Crippen MR) is 162 cm³/mol. The molecule has 2 aliphatic rings. The highest BCUT2D eigenvalue weighted by atomic mass is 19.1. The Morgan fingerprint density at radius 2 is 1.85 bits per heavy atom. The molecule has 2 fully saturated rings. The van der Waals surface area contributed by atoms with Crippen molar-refractivity contribution in [3.05, 3.63) is 82.7 Å². The lowest BCUT2D eigenvalue weighted by Gasteiger charge is -2.47. The number of halogens is 2. The van der Waals surface area contributed by atoms with Gasteiger partial charge >= 0.3 is 0 Å². The van der Waals surface area contributed by atoms with Crippen LogP contribution in [0.1, 0.15) is 75.4 Å². The van der Waals surface area contributed by atoms with Crippen molar-refractivity contribution in [2.45, 2.75) is 77.1 Å². The Morgan fingerprint density at radius 3 is 2.38 bits per heavy atom. The van der Waals surface area contributed by atoms with Crippen LogP contribution in [0, 0.1) is 17.0 Å². The third-order valence-electron chi connectivity index (χ3n) is 8.42. The lowest BCUT2D eigenvalue weighted by atomic mass is 9.59. The second-order valence-electron chi connectivity index (χ2n) is 11.9. The van der Waals surface area contributed by atoms with E-state index in [0.717, 1.165) is 62.0 Å². The predicted octanol–water partition coefficient (Wildman–Crippen LogP) is 7.11. The minimum absolute atomic E-state index is 0.169. The number of pyridine rings is 1. The summed E-state index contributed by atoms with van der Waals surface area (Å²) >= 11 is 0. The SMILES string of the molecule is C=Cc1cc(CC)c(F)c(NC(=C)C2(c3cc(/C(C=N)=C/BC4CN(C(C)(C)C)C4)ncc3CC)CC2)c1F. The van der Waals surface area contributed by atoms with Crippen LogP contribution in [0.5, 0.6) is 0 Å². The largest absolute Gasteiger partial charge is 0.354 e. The second-order valence-corrected chi connectivity index (χ2v) is 11.9. The summed E-state index contributed by atoms with van der Waals surface area (Å²) in [6.45, 7) is 20.7. The van der Waals surface area contributed by atoms with Crippen LogP contribution in [0.25, 0.3) is 11.6 Å². The molecule has 2 N–H and O–H groups in total. The van der Waals surface area contributed by atoms with E-state index in [1.165, 1.54) is 18.4 Å². The van der Waals surface area contributed by atoms with E-state index in [1.807, 2.05) is 13.1 Å². The van der Waals surface area contributed by atoms with Crippen molar-refractivity contribution in [2.75, 3.05) is 18.4 Å². The van der Waals surface area contributed by atoms with Crippen LogP contribution < -0.4 is 5.32 Å². The average molecular weight is 531 g/mol. The van der Waals surface area contributed by atoms with Crippen LogP contribution in [0.4, 0.5) is 14.5 Å². The highest BCUT2D eigenvalue weighted by Gasteiger charge is 2.49. The van der Waals surface area contributed by atoms with Gasteiger partial charge in [0, 0.05) is 40.2 Å². The van der Waals surface area contributed by atoms with E-state index in [0.29, 0.717) is 23.5 Å². The summed E-state index contributed by atoms with van der Waals surface area (Å²) in [4.78, 5) is 7.17. The standard InChI is InChI=1S/C32H41BF2N4/c1-8-21-13-22(9-2)29(35)30(28(21)34)38-20(4)32(11-12-32)26-14-27(37-17-23(26)10-3)24(16-36)15-33-25-18-39(19-25)31(5,6)7/h8,13-17,25,33,36,38H,1,4,9-12,18-19H2,2-3,5-7H3/b24-15+,36-16?. The maximum Gasteiger partial charge on any atom is 0.156 e. The molecule has 0 radical (unpaired) electrons. The van der Waals surface area contributed by atoms with Gasteiger partial charge in [-0.2, -0.15) is 0 Å². The van der Waals surface area contributed by atoms with Crippen LogP contribution >= 0.6 is 0 Å². The average Bonchev–Trinajstić information content (AvgIpc) is 3.69. The molecule has 0 amide bonds. The zero-order valence-corrected chi connectivity index (χ0v) is 24.1. The molecule has 2 aromatic rings. The molecule has 4 nitrogen and oxygen atoms in total. The Hall–Kier alpha value is -3.06. The van der Waals surface area contributed by atoms with Gasteiger partial charge in [0.05, 0.1) is 5.69 Å². The normalized spacial score (nSPS) is 17.4. The maximum atomic E-state index is 15.2. The van der Waals surface area contributed by atoms with E-state index in [4.69, 9.17) is 10.4 Å². The highest BCUT2D eigenvalue weighted by Crippen LogP contribution is 2.55. The van der Waals surface area contributed by atoms with E-state index >= 15 is 8.78 Å². The van der Waals surface area contributed by atoms with Gasteiger partial charge in [0.25, 0.3) is 0 Å². The fourth-order valence-electron chi connectivity index (χ4n) is 5.53. The van der Waals surface area contributed by atoms with Gasteiger partial charge in [-0.25, -0.2) is 8.78 Å². The van der Waals surface area contributed by atoms with Crippen LogP contribution in [0.3, 0.4) is 0 Å². The summed E-state index contributed by atoms with van der Waals surface area (Å²) in [6.07, 6.45) is 7.55. The number of nitrogens with one attached hydrogen (secondary N) is 2. The number of nitrogens with zero attached hydrogens (tertiary/aromatic N) is 2. The zero-order valence-electron chi connectivity index (χ0n) is 24.1. The van der Waals surface area contributed by atoms with Gasteiger partial charge in [0.15, 0.2) is 18.9 Å². The van der Waals surface area contributed by atoms with E-state index in [9.17, 15) is 0 Å². The Bertz CT molecular complexity index is 1310. The van der Waals surface area contributed by atoms with Gasteiger partial charge in [-0.05, 0) is 94.2 Å². The summed E-state index contributed by atoms with van der Waals surface area (Å²) in [6, 6.07) is 3.57. The van der Waals surface area contributed by atoms with Crippen LogP contribution in [0.2, 0.25) is 5.82 Å². The lowest BCUT2D eigenvalue weighted by molar-refractivity contribution is 0.0693. The second kappa shape index (κ2) is 11.2. The van der Waals surface area contributed by atoms with E-state index in [1.54, 1.807) is 0 Å². The maximum absolute atomic E-state index is 15.2. The summed E-state index contributed by atoms with van der Waals surface area (Å²) in [7, 11) is 0.904. The number of likely N-dealkylation sites (tertiary alicyclic amines) is 1.